The fraction of sp³-hybridized carbons (Fsp3) is 0.130. The summed E-state index contributed by atoms with van der Waals surface area (Å²) in [4.78, 5) is 0.291. The van der Waals surface area contributed by atoms with E-state index in [-0.39, 0.29) is 0 Å². The van der Waals surface area contributed by atoms with Crippen LogP contribution in [-0.4, -0.2) is 19.2 Å². The van der Waals surface area contributed by atoms with Gasteiger partial charge in [0.25, 0.3) is 0 Å². The van der Waals surface area contributed by atoms with Gasteiger partial charge >= 0.3 is 0 Å². The zero-order valence-electron chi connectivity index (χ0n) is 16.4. The standard InChI is InChI=1S/C23H23N3O2S/c1-4-26-22-8-6-5-7-20(22)21-15-18(11-14-23(21)26)25-16(2)24-17-9-12-19(13-10-17)29(3,27)28/h5-15,24-25H,2,4H2,1,3H3. The molecule has 29 heavy (non-hydrogen) atoms. The van der Waals surface area contributed by atoms with Crippen LogP contribution < -0.4 is 10.6 Å². The molecule has 4 rings (SSSR count). The second-order valence-electron chi connectivity index (χ2n) is 7.02. The number of nitrogens with one attached hydrogen (secondary N) is 2. The Labute approximate surface area is 170 Å². The van der Waals surface area contributed by atoms with Crippen molar-refractivity contribution in [3.63, 3.8) is 0 Å². The van der Waals surface area contributed by atoms with Crippen molar-refractivity contribution in [3.8, 4) is 0 Å². The summed E-state index contributed by atoms with van der Waals surface area (Å²) in [6, 6.07) is 21.3. The van der Waals surface area contributed by atoms with Gasteiger partial charge in [0.05, 0.1) is 4.90 Å². The molecule has 0 bridgehead atoms. The Morgan fingerprint density at radius 1 is 0.897 bits per heavy atom. The summed E-state index contributed by atoms with van der Waals surface area (Å²) in [5.41, 5.74) is 4.12. The highest BCUT2D eigenvalue weighted by Crippen LogP contribution is 2.31. The highest BCUT2D eigenvalue weighted by atomic mass is 32.2. The molecule has 3 aromatic carbocycles. The lowest BCUT2D eigenvalue weighted by Crippen LogP contribution is -2.08. The molecule has 0 amide bonds. The number of aryl methyl sites for hydroxylation is 1. The fourth-order valence-corrected chi connectivity index (χ4v) is 4.27. The van der Waals surface area contributed by atoms with Crippen LogP contribution in [0.2, 0.25) is 0 Å². The maximum Gasteiger partial charge on any atom is 0.175 e. The van der Waals surface area contributed by atoms with Crippen molar-refractivity contribution in [2.24, 2.45) is 0 Å². The third-order valence-electron chi connectivity index (χ3n) is 4.96. The Morgan fingerprint density at radius 2 is 1.52 bits per heavy atom. The minimum atomic E-state index is -3.20. The SMILES string of the molecule is C=C(Nc1ccc(S(C)(=O)=O)cc1)Nc1ccc2c(c1)c1ccccc1n2CC. The lowest BCUT2D eigenvalue weighted by Gasteiger charge is -2.13. The number of fused-ring (bicyclic) bond motifs is 3. The highest BCUT2D eigenvalue weighted by Gasteiger charge is 2.10. The van der Waals surface area contributed by atoms with Crippen LogP contribution in [0.4, 0.5) is 11.4 Å². The summed E-state index contributed by atoms with van der Waals surface area (Å²) in [7, 11) is -3.20. The van der Waals surface area contributed by atoms with Crippen LogP contribution in [-0.2, 0) is 16.4 Å². The molecule has 148 valence electrons. The fourth-order valence-electron chi connectivity index (χ4n) is 3.64. The number of sulfone groups is 1. The highest BCUT2D eigenvalue weighted by molar-refractivity contribution is 7.90. The molecule has 0 aliphatic heterocycles. The van der Waals surface area contributed by atoms with E-state index in [0.29, 0.717) is 10.7 Å². The molecule has 5 nitrogen and oxygen atoms in total. The van der Waals surface area contributed by atoms with Gasteiger partial charge in [-0.25, -0.2) is 8.42 Å². The molecule has 0 atom stereocenters. The van der Waals surface area contributed by atoms with Crippen molar-refractivity contribution in [3.05, 3.63) is 79.1 Å². The van der Waals surface area contributed by atoms with Crippen LogP contribution in [0.25, 0.3) is 21.8 Å². The van der Waals surface area contributed by atoms with Gasteiger partial charge in [0.2, 0.25) is 0 Å². The van der Waals surface area contributed by atoms with Crippen molar-refractivity contribution in [1.82, 2.24) is 4.57 Å². The van der Waals surface area contributed by atoms with Crippen LogP contribution in [0.3, 0.4) is 0 Å². The van der Waals surface area contributed by atoms with Gasteiger partial charge in [0.15, 0.2) is 9.84 Å². The van der Waals surface area contributed by atoms with E-state index < -0.39 is 9.84 Å². The van der Waals surface area contributed by atoms with Crippen molar-refractivity contribution in [2.45, 2.75) is 18.4 Å². The third kappa shape index (κ3) is 3.71. The second-order valence-corrected chi connectivity index (χ2v) is 9.03. The minimum Gasteiger partial charge on any atom is -0.342 e. The number of anilines is 2. The first-order valence-corrected chi connectivity index (χ1v) is 11.3. The van der Waals surface area contributed by atoms with E-state index in [1.807, 2.05) is 6.07 Å². The Bertz CT molecular complexity index is 1320. The topological polar surface area (TPSA) is 63.1 Å². The van der Waals surface area contributed by atoms with Crippen LogP contribution in [0, 0.1) is 0 Å². The molecule has 6 heteroatoms. The first-order valence-electron chi connectivity index (χ1n) is 9.41. The Balaban J connectivity index is 1.58. The van der Waals surface area contributed by atoms with Gasteiger partial charge < -0.3 is 15.2 Å². The first kappa shape index (κ1) is 19.1. The molecule has 0 aliphatic carbocycles. The number of rotatable bonds is 6. The summed E-state index contributed by atoms with van der Waals surface area (Å²) >= 11 is 0. The molecule has 0 spiro atoms. The summed E-state index contributed by atoms with van der Waals surface area (Å²) in [6.45, 7) is 7.10. The maximum absolute atomic E-state index is 11.6. The largest absolute Gasteiger partial charge is 0.342 e. The van der Waals surface area contributed by atoms with E-state index >= 15 is 0 Å². The number of nitrogens with zero attached hydrogens (tertiary/aromatic N) is 1. The smallest absolute Gasteiger partial charge is 0.175 e. The van der Waals surface area contributed by atoms with Crippen molar-refractivity contribution < 1.29 is 8.42 Å². The zero-order chi connectivity index (χ0) is 20.6. The van der Waals surface area contributed by atoms with Crippen LogP contribution in [0.5, 0.6) is 0 Å². The number of benzene rings is 3. The second kappa shape index (κ2) is 7.29. The van der Waals surface area contributed by atoms with E-state index in [1.54, 1.807) is 24.3 Å². The number of para-hydroxylation sites is 1. The van der Waals surface area contributed by atoms with Gasteiger partial charge in [0, 0.05) is 46.0 Å². The van der Waals surface area contributed by atoms with Crippen molar-refractivity contribution in [2.75, 3.05) is 16.9 Å². The lowest BCUT2D eigenvalue weighted by atomic mass is 10.1. The maximum atomic E-state index is 11.6. The van der Waals surface area contributed by atoms with E-state index in [0.717, 1.165) is 17.9 Å². The summed E-state index contributed by atoms with van der Waals surface area (Å²) < 4.78 is 25.5. The molecule has 0 fully saturated rings. The normalized spacial score (nSPS) is 11.7. The van der Waals surface area contributed by atoms with Crippen LogP contribution in [0.1, 0.15) is 6.92 Å². The zero-order valence-corrected chi connectivity index (χ0v) is 17.3. The van der Waals surface area contributed by atoms with Gasteiger partial charge in [-0.05, 0) is 55.5 Å². The van der Waals surface area contributed by atoms with E-state index in [4.69, 9.17) is 0 Å². The molecule has 2 N–H and O–H groups in total. The molecule has 0 saturated carbocycles. The molecule has 0 saturated heterocycles. The number of hydrogen-bond donors (Lipinski definition) is 2. The molecule has 0 radical (unpaired) electrons. The predicted molar refractivity (Wildman–Crippen MR) is 121 cm³/mol. The van der Waals surface area contributed by atoms with E-state index in [9.17, 15) is 8.42 Å². The molecule has 1 heterocycles. The quantitative estimate of drug-likeness (QED) is 0.462. The summed E-state index contributed by atoms with van der Waals surface area (Å²) in [6.07, 6.45) is 1.20. The number of hydrogen-bond acceptors (Lipinski definition) is 4. The molecule has 0 aliphatic rings. The molecular weight excluding hydrogens is 382 g/mol. The monoisotopic (exact) mass is 405 g/mol. The van der Waals surface area contributed by atoms with Gasteiger partial charge in [-0.2, -0.15) is 0 Å². The van der Waals surface area contributed by atoms with Crippen LogP contribution >= 0.6 is 0 Å². The Hall–Kier alpha value is -3.25. The Kier molecular flexibility index (Phi) is 4.80. The van der Waals surface area contributed by atoms with Crippen molar-refractivity contribution >= 4 is 43.0 Å². The van der Waals surface area contributed by atoms with Gasteiger partial charge in [-0.1, -0.05) is 24.8 Å². The molecular formula is C23H23N3O2S. The van der Waals surface area contributed by atoms with Gasteiger partial charge in [-0.15, -0.1) is 0 Å². The molecule has 4 aromatic rings. The summed E-state index contributed by atoms with van der Waals surface area (Å²) in [5.74, 6) is 0.607. The van der Waals surface area contributed by atoms with Gasteiger partial charge in [0.1, 0.15) is 5.82 Å². The van der Waals surface area contributed by atoms with Crippen LogP contribution in [0.15, 0.2) is 84.0 Å². The summed E-state index contributed by atoms with van der Waals surface area (Å²) in [5, 5.41) is 8.87. The van der Waals surface area contributed by atoms with E-state index in [2.05, 4.69) is 65.1 Å². The lowest BCUT2D eigenvalue weighted by molar-refractivity contribution is 0.602. The first-order chi connectivity index (χ1) is 13.9. The van der Waals surface area contributed by atoms with Gasteiger partial charge in [-0.3, -0.25) is 0 Å². The molecule has 0 unspecified atom stereocenters. The Morgan fingerprint density at radius 3 is 2.21 bits per heavy atom. The van der Waals surface area contributed by atoms with Crippen molar-refractivity contribution in [1.29, 1.82) is 0 Å². The number of aromatic nitrogens is 1. The average Bonchev–Trinajstić information content (AvgIpc) is 3.01. The average molecular weight is 406 g/mol. The third-order valence-corrected chi connectivity index (χ3v) is 6.09. The molecule has 1 aromatic heterocycles. The minimum absolute atomic E-state index is 0.291. The van der Waals surface area contributed by atoms with E-state index in [1.165, 1.54) is 28.1 Å². The predicted octanol–water partition coefficient (Wildman–Crippen LogP) is 5.21.